The summed E-state index contributed by atoms with van der Waals surface area (Å²) in [5.41, 5.74) is 2.50. The van der Waals surface area contributed by atoms with Gasteiger partial charge in [-0.25, -0.2) is 0 Å². The number of benzene rings is 1. The molecular formula is C17H24N2O2. The van der Waals surface area contributed by atoms with E-state index in [0.717, 1.165) is 25.7 Å². The third kappa shape index (κ3) is 4.88. The van der Waals surface area contributed by atoms with Gasteiger partial charge in [0.1, 0.15) is 0 Å². The lowest BCUT2D eigenvalue weighted by Crippen LogP contribution is -2.41. The summed E-state index contributed by atoms with van der Waals surface area (Å²) in [4.78, 5) is 25.5. The van der Waals surface area contributed by atoms with Crippen LogP contribution in [0.2, 0.25) is 0 Å². The smallest absolute Gasteiger partial charge is 0.239 e. The maximum absolute atomic E-state index is 11.9. The number of hydrogen-bond donors (Lipinski definition) is 1. The third-order valence-corrected chi connectivity index (χ3v) is 3.98. The Hall–Kier alpha value is -1.84. The zero-order valence-corrected chi connectivity index (χ0v) is 12.7. The van der Waals surface area contributed by atoms with Gasteiger partial charge < -0.3 is 10.2 Å². The molecule has 0 aliphatic carbocycles. The van der Waals surface area contributed by atoms with Crippen LogP contribution in [0.5, 0.6) is 0 Å². The highest BCUT2D eigenvalue weighted by Gasteiger charge is 2.18. The molecule has 1 heterocycles. The Kier molecular flexibility index (Phi) is 5.78. The highest BCUT2D eigenvalue weighted by molar-refractivity contribution is 5.84. The Morgan fingerprint density at radius 3 is 2.86 bits per heavy atom. The molecule has 2 rings (SSSR count). The number of nitrogens with one attached hydrogen (secondary N) is 1. The summed E-state index contributed by atoms with van der Waals surface area (Å²) >= 11 is 0. The van der Waals surface area contributed by atoms with Crippen LogP contribution in [0, 0.1) is 6.92 Å². The van der Waals surface area contributed by atoms with Gasteiger partial charge in [-0.05, 0) is 37.3 Å². The van der Waals surface area contributed by atoms with Crippen LogP contribution < -0.4 is 5.32 Å². The minimum atomic E-state index is -0.0566. The van der Waals surface area contributed by atoms with Crippen molar-refractivity contribution in [3.05, 3.63) is 35.4 Å². The number of carbonyl (C=O) groups is 2. The molecule has 1 aliphatic rings. The third-order valence-electron chi connectivity index (χ3n) is 3.98. The maximum atomic E-state index is 11.9. The number of nitrogens with zero attached hydrogens (tertiary/aromatic N) is 1. The molecule has 0 bridgehead atoms. The second-order valence-electron chi connectivity index (χ2n) is 5.65. The molecule has 0 aromatic heterocycles. The molecule has 1 aliphatic heterocycles. The zero-order chi connectivity index (χ0) is 15.1. The molecule has 1 fully saturated rings. The van der Waals surface area contributed by atoms with Gasteiger partial charge in [-0.1, -0.05) is 30.7 Å². The zero-order valence-electron chi connectivity index (χ0n) is 12.7. The normalized spacial score (nSPS) is 15.7. The molecule has 0 radical (unpaired) electrons. The Morgan fingerprint density at radius 2 is 2.05 bits per heavy atom. The van der Waals surface area contributed by atoms with Gasteiger partial charge in [-0.2, -0.15) is 0 Å². The minimum absolute atomic E-state index is 0.0566. The van der Waals surface area contributed by atoms with Crippen LogP contribution >= 0.6 is 0 Å². The Bertz CT molecular complexity index is 499. The number of hydrogen-bond acceptors (Lipinski definition) is 2. The molecule has 0 unspecified atom stereocenters. The van der Waals surface area contributed by atoms with Crippen LogP contribution in [0.25, 0.3) is 0 Å². The first kappa shape index (κ1) is 15.5. The van der Waals surface area contributed by atoms with Crippen molar-refractivity contribution >= 4 is 11.8 Å². The van der Waals surface area contributed by atoms with Gasteiger partial charge in [-0.15, -0.1) is 0 Å². The average molecular weight is 288 g/mol. The van der Waals surface area contributed by atoms with Gasteiger partial charge in [0.25, 0.3) is 0 Å². The first-order valence-electron chi connectivity index (χ1n) is 7.76. The van der Waals surface area contributed by atoms with E-state index in [9.17, 15) is 9.59 Å². The van der Waals surface area contributed by atoms with Crippen LogP contribution in [0.15, 0.2) is 24.3 Å². The van der Waals surface area contributed by atoms with Crippen LogP contribution in [-0.2, 0) is 16.0 Å². The van der Waals surface area contributed by atoms with Crippen LogP contribution in [0.3, 0.4) is 0 Å². The standard InChI is InChI=1S/C17H24N2O2/c1-14-7-4-5-8-15(14)10-11-18-16(20)13-19-12-6-2-3-9-17(19)21/h4-5,7-8H,2-3,6,9-13H2,1H3,(H,18,20). The van der Waals surface area contributed by atoms with Crippen molar-refractivity contribution < 1.29 is 9.59 Å². The van der Waals surface area contributed by atoms with E-state index in [2.05, 4.69) is 24.4 Å². The van der Waals surface area contributed by atoms with Crippen molar-refractivity contribution in [3.63, 3.8) is 0 Å². The number of aryl methyl sites for hydroxylation is 1. The predicted molar refractivity (Wildman–Crippen MR) is 82.9 cm³/mol. The predicted octanol–water partition coefficient (Wildman–Crippen LogP) is 2.06. The lowest BCUT2D eigenvalue weighted by Gasteiger charge is -2.19. The highest BCUT2D eigenvalue weighted by atomic mass is 16.2. The molecule has 1 aromatic rings. The van der Waals surface area contributed by atoms with Gasteiger partial charge in [-0.3, -0.25) is 9.59 Å². The first-order valence-corrected chi connectivity index (χ1v) is 7.76. The van der Waals surface area contributed by atoms with Crippen molar-refractivity contribution in [2.45, 2.75) is 39.0 Å². The molecule has 4 nitrogen and oxygen atoms in total. The van der Waals surface area contributed by atoms with E-state index in [4.69, 9.17) is 0 Å². The SMILES string of the molecule is Cc1ccccc1CCNC(=O)CN1CCCCCC1=O. The van der Waals surface area contributed by atoms with E-state index < -0.39 is 0 Å². The molecule has 0 spiro atoms. The maximum Gasteiger partial charge on any atom is 0.239 e. The molecule has 2 amide bonds. The molecule has 1 aromatic carbocycles. The lowest BCUT2D eigenvalue weighted by atomic mass is 10.1. The summed E-state index contributed by atoms with van der Waals surface area (Å²) < 4.78 is 0. The lowest BCUT2D eigenvalue weighted by molar-refractivity contribution is -0.135. The van der Waals surface area contributed by atoms with E-state index in [1.165, 1.54) is 11.1 Å². The van der Waals surface area contributed by atoms with Gasteiger partial charge in [0.15, 0.2) is 0 Å². The van der Waals surface area contributed by atoms with Gasteiger partial charge in [0.05, 0.1) is 6.54 Å². The van der Waals surface area contributed by atoms with Gasteiger partial charge >= 0.3 is 0 Å². The van der Waals surface area contributed by atoms with Crippen molar-refractivity contribution in [1.29, 1.82) is 0 Å². The molecule has 114 valence electrons. The monoisotopic (exact) mass is 288 g/mol. The second-order valence-corrected chi connectivity index (χ2v) is 5.65. The highest BCUT2D eigenvalue weighted by Crippen LogP contribution is 2.10. The second kappa shape index (κ2) is 7.81. The Balaban J connectivity index is 1.74. The molecule has 0 saturated carbocycles. The van der Waals surface area contributed by atoms with Crippen molar-refractivity contribution in [2.75, 3.05) is 19.6 Å². The van der Waals surface area contributed by atoms with Gasteiger partial charge in [0, 0.05) is 19.5 Å². The van der Waals surface area contributed by atoms with Crippen molar-refractivity contribution in [1.82, 2.24) is 10.2 Å². The van der Waals surface area contributed by atoms with E-state index in [-0.39, 0.29) is 18.4 Å². The molecule has 1 N–H and O–H groups in total. The van der Waals surface area contributed by atoms with Crippen LogP contribution in [0.4, 0.5) is 0 Å². The van der Waals surface area contributed by atoms with Crippen LogP contribution in [-0.4, -0.2) is 36.3 Å². The molecule has 4 heteroatoms. The molecule has 21 heavy (non-hydrogen) atoms. The van der Waals surface area contributed by atoms with E-state index in [1.54, 1.807) is 4.90 Å². The van der Waals surface area contributed by atoms with Crippen LogP contribution in [0.1, 0.15) is 36.8 Å². The molecule has 1 saturated heterocycles. The van der Waals surface area contributed by atoms with E-state index >= 15 is 0 Å². The quantitative estimate of drug-likeness (QED) is 0.901. The summed E-state index contributed by atoms with van der Waals surface area (Å²) in [5, 5.41) is 2.91. The number of amides is 2. The summed E-state index contributed by atoms with van der Waals surface area (Å²) in [6.45, 7) is 3.61. The fraction of sp³-hybridized carbons (Fsp3) is 0.529. The largest absolute Gasteiger partial charge is 0.354 e. The number of carbonyl (C=O) groups excluding carboxylic acids is 2. The fourth-order valence-corrected chi connectivity index (χ4v) is 2.66. The Labute approximate surface area is 126 Å². The topological polar surface area (TPSA) is 49.4 Å². The molecule has 0 atom stereocenters. The summed E-state index contributed by atoms with van der Waals surface area (Å²) in [6, 6.07) is 8.19. The fourth-order valence-electron chi connectivity index (χ4n) is 2.66. The van der Waals surface area contributed by atoms with Gasteiger partial charge in [0.2, 0.25) is 11.8 Å². The Morgan fingerprint density at radius 1 is 1.24 bits per heavy atom. The summed E-state index contributed by atoms with van der Waals surface area (Å²) in [7, 11) is 0. The minimum Gasteiger partial charge on any atom is -0.354 e. The summed E-state index contributed by atoms with van der Waals surface area (Å²) in [6.07, 6.45) is 4.44. The molecular weight excluding hydrogens is 264 g/mol. The number of rotatable bonds is 5. The summed E-state index contributed by atoms with van der Waals surface area (Å²) in [5.74, 6) is 0.0559. The average Bonchev–Trinajstić information content (AvgIpc) is 2.66. The first-order chi connectivity index (χ1) is 10.2. The van der Waals surface area contributed by atoms with E-state index in [1.807, 2.05) is 12.1 Å². The number of likely N-dealkylation sites (tertiary alicyclic amines) is 1. The van der Waals surface area contributed by atoms with Crippen molar-refractivity contribution in [2.24, 2.45) is 0 Å². The van der Waals surface area contributed by atoms with Crippen molar-refractivity contribution in [3.8, 4) is 0 Å². The van der Waals surface area contributed by atoms with E-state index in [0.29, 0.717) is 19.5 Å².